The van der Waals surface area contributed by atoms with E-state index in [9.17, 15) is 14.3 Å². The average molecular weight is 280 g/mol. The SMILES string of the molecule is CC(C)(C)N1CCN(c2cccc(F)c2C(=O)O)CC1. The van der Waals surface area contributed by atoms with Crippen molar-refractivity contribution >= 4 is 11.7 Å². The first-order valence-corrected chi connectivity index (χ1v) is 6.82. The first-order valence-electron chi connectivity index (χ1n) is 6.82. The average Bonchev–Trinajstić information content (AvgIpc) is 2.37. The van der Waals surface area contributed by atoms with Gasteiger partial charge in [0.05, 0.1) is 5.69 Å². The molecule has 110 valence electrons. The minimum absolute atomic E-state index is 0.101. The molecule has 1 aromatic rings. The van der Waals surface area contributed by atoms with Crippen LogP contribution in [-0.4, -0.2) is 47.7 Å². The molecule has 4 nitrogen and oxygen atoms in total. The lowest BCUT2D eigenvalue weighted by Gasteiger charge is -2.43. The molecule has 20 heavy (non-hydrogen) atoms. The number of benzene rings is 1. The maximum atomic E-state index is 13.7. The molecule has 0 unspecified atom stereocenters. The molecule has 0 aromatic heterocycles. The molecular weight excluding hydrogens is 259 g/mol. The fourth-order valence-electron chi connectivity index (χ4n) is 2.61. The second-order valence-corrected chi connectivity index (χ2v) is 6.08. The van der Waals surface area contributed by atoms with Crippen molar-refractivity contribution in [3.8, 4) is 0 Å². The number of carboxylic acids is 1. The molecule has 1 aliphatic rings. The van der Waals surface area contributed by atoms with Gasteiger partial charge in [-0.2, -0.15) is 0 Å². The van der Waals surface area contributed by atoms with Crippen LogP contribution in [0, 0.1) is 5.82 Å². The summed E-state index contributed by atoms with van der Waals surface area (Å²) >= 11 is 0. The van der Waals surface area contributed by atoms with Gasteiger partial charge in [0.2, 0.25) is 0 Å². The molecule has 1 aromatic carbocycles. The van der Waals surface area contributed by atoms with Crippen LogP contribution in [0.15, 0.2) is 18.2 Å². The molecule has 1 N–H and O–H groups in total. The Morgan fingerprint density at radius 2 is 1.80 bits per heavy atom. The summed E-state index contributed by atoms with van der Waals surface area (Å²) in [5, 5.41) is 9.18. The van der Waals surface area contributed by atoms with Crippen LogP contribution in [0.3, 0.4) is 0 Å². The lowest BCUT2D eigenvalue weighted by atomic mass is 10.0. The van der Waals surface area contributed by atoms with Crippen molar-refractivity contribution in [2.75, 3.05) is 31.1 Å². The van der Waals surface area contributed by atoms with Crippen LogP contribution in [0.2, 0.25) is 0 Å². The van der Waals surface area contributed by atoms with Gasteiger partial charge in [0, 0.05) is 31.7 Å². The molecular formula is C15H21FN2O2. The molecule has 1 saturated heterocycles. The van der Waals surface area contributed by atoms with Gasteiger partial charge in [-0.3, -0.25) is 4.90 Å². The minimum atomic E-state index is -1.21. The molecule has 2 rings (SSSR count). The third-order valence-electron chi connectivity index (χ3n) is 3.77. The number of rotatable bonds is 2. The van der Waals surface area contributed by atoms with Gasteiger partial charge in [0.1, 0.15) is 11.4 Å². The van der Waals surface area contributed by atoms with Crippen LogP contribution >= 0.6 is 0 Å². The number of aromatic carboxylic acids is 1. The Bertz CT molecular complexity index is 503. The van der Waals surface area contributed by atoms with Crippen LogP contribution in [0.25, 0.3) is 0 Å². The van der Waals surface area contributed by atoms with E-state index in [2.05, 4.69) is 25.7 Å². The highest BCUT2D eigenvalue weighted by atomic mass is 19.1. The van der Waals surface area contributed by atoms with E-state index in [1.807, 2.05) is 4.90 Å². The Morgan fingerprint density at radius 1 is 1.20 bits per heavy atom. The molecule has 0 bridgehead atoms. The summed E-state index contributed by atoms with van der Waals surface area (Å²) in [6, 6.07) is 4.44. The van der Waals surface area contributed by atoms with Crippen molar-refractivity contribution in [3.05, 3.63) is 29.6 Å². The standard InChI is InChI=1S/C15H21FN2O2/c1-15(2,3)18-9-7-17(8-10-18)12-6-4-5-11(16)13(12)14(19)20/h4-6H,7-10H2,1-3H3,(H,19,20). The van der Waals surface area contributed by atoms with Gasteiger partial charge < -0.3 is 10.0 Å². The molecule has 0 amide bonds. The van der Waals surface area contributed by atoms with E-state index < -0.39 is 11.8 Å². The Hall–Kier alpha value is -1.62. The molecule has 1 heterocycles. The molecule has 0 aliphatic carbocycles. The molecule has 0 spiro atoms. The molecule has 0 atom stereocenters. The molecule has 0 radical (unpaired) electrons. The van der Waals surface area contributed by atoms with E-state index in [0.717, 1.165) is 13.1 Å². The quantitative estimate of drug-likeness (QED) is 0.903. The highest BCUT2D eigenvalue weighted by Gasteiger charge is 2.28. The summed E-state index contributed by atoms with van der Waals surface area (Å²) in [6.45, 7) is 9.59. The number of carboxylic acid groups (broad SMARTS) is 1. The van der Waals surface area contributed by atoms with E-state index in [4.69, 9.17) is 0 Å². The molecule has 1 fully saturated rings. The van der Waals surface area contributed by atoms with Gasteiger partial charge in [-0.1, -0.05) is 6.07 Å². The smallest absolute Gasteiger partial charge is 0.340 e. The Labute approximate surface area is 118 Å². The van der Waals surface area contributed by atoms with Crippen LogP contribution in [0.4, 0.5) is 10.1 Å². The number of hydrogen-bond acceptors (Lipinski definition) is 3. The first kappa shape index (κ1) is 14.8. The lowest BCUT2D eigenvalue weighted by molar-refractivity contribution is 0.0691. The van der Waals surface area contributed by atoms with Crippen LogP contribution in [-0.2, 0) is 0 Å². The number of hydrogen-bond donors (Lipinski definition) is 1. The number of nitrogens with zero attached hydrogens (tertiary/aromatic N) is 2. The summed E-state index contributed by atoms with van der Waals surface area (Å²) in [4.78, 5) is 15.5. The van der Waals surface area contributed by atoms with Crippen molar-refractivity contribution in [1.82, 2.24) is 4.90 Å². The highest BCUT2D eigenvalue weighted by molar-refractivity contribution is 5.94. The van der Waals surface area contributed by atoms with Crippen molar-refractivity contribution < 1.29 is 14.3 Å². The van der Waals surface area contributed by atoms with Crippen molar-refractivity contribution in [1.29, 1.82) is 0 Å². The predicted octanol–water partition coefficient (Wildman–Crippen LogP) is 2.44. The maximum Gasteiger partial charge on any atom is 0.340 e. The maximum absolute atomic E-state index is 13.7. The summed E-state index contributed by atoms with van der Waals surface area (Å²) in [5.41, 5.74) is 0.353. The third-order valence-corrected chi connectivity index (χ3v) is 3.77. The summed E-state index contributed by atoms with van der Waals surface area (Å²) < 4.78 is 13.7. The van der Waals surface area contributed by atoms with E-state index in [-0.39, 0.29) is 11.1 Å². The van der Waals surface area contributed by atoms with Gasteiger partial charge in [-0.15, -0.1) is 0 Å². The second-order valence-electron chi connectivity index (χ2n) is 6.08. The topological polar surface area (TPSA) is 43.8 Å². The Kier molecular flexibility index (Phi) is 3.99. The number of halogens is 1. The van der Waals surface area contributed by atoms with E-state index in [1.165, 1.54) is 6.07 Å². The Morgan fingerprint density at radius 3 is 2.30 bits per heavy atom. The largest absolute Gasteiger partial charge is 0.478 e. The zero-order valence-corrected chi connectivity index (χ0v) is 12.2. The normalized spacial score (nSPS) is 17.3. The van der Waals surface area contributed by atoms with Gasteiger partial charge in [-0.25, -0.2) is 9.18 Å². The van der Waals surface area contributed by atoms with Crippen molar-refractivity contribution in [2.45, 2.75) is 26.3 Å². The van der Waals surface area contributed by atoms with Crippen LogP contribution in [0.5, 0.6) is 0 Å². The molecule has 0 saturated carbocycles. The number of carbonyl (C=O) groups is 1. The van der Waals surface area contributed by atoms with Crippen molar-refractivity contribution in [2.24, 2.45) is 0 Å². The number of piperazine rings is 1. The summed E-state index contributed by atoms with van der Waals surface area (Å²) in [6.07, 6.45) is 0. The van der Waals surface area contributed by atoms with E-state index >= 15 is 0 Å². The third kappa shape index (κ3) is 2.93. The van der Waals surface area contributed by atoms with Gasteiger partial charge in [-0.05, 0) is 32.9 Å². The van der Waals surface area contributed by atoms with E-state index in [0.29, 0.717) is 18.8 Å². The molecule has 5 heteroatoms. The van der Waals surface area contributed by atoms with Crippen LogP contribution in [0.1, 0.15) is 31.1 Å². The van der Waals surface area contributed by atoms with E-state index in [1.54, 1.807) is 12.1 Å². The predicted molar refractivity (Wildman–Crippen MR) is 76.9 cm³/mol. The summed E-state index contributed by atoms with van der Waals surface area (Å²) in [5.74, 6) is -1.88. The first-order chi connectivity index (χ1) is 9.30. The fourth-order valence-corrected chi connectivity index (χ4v) is 2.61. The minimum Gasteiger partial charge on any atom is -0.478 e. The molecule has 1 aliphatic heterocycles. The zero-order valence-electron chi connectivity index (χ0n) is 12.2. The monoisotopic (exact) mass is 280 g/mol. The Balaban J connectivity index is 2.19. The fraction of sp³-hybridized carbons (Fsp3) is 0.533. The highest BCUT2D eigenvalue weighted by Crippen LogP contribution is 2.26. The van der Waals surface area contributed by atoms with Gasteiger partial charge >= 0.3 is 5.97 Å². The van der Waals surface area contributed by atoms with Crippen molar-refractivity contribution in [3.63, 3.8) is 0 Å². The second kappa shape index (κ2) is 5.40. The zero-order chi connectivity index (χ0) is 14.9. The lowest BCUT2D eigenvalue weighted by Crippen LogP contribution is -2.53. The number of anilines is 1. The summed E-state index contributed by atoms with van der Waals surface area (Å²) in [7, 11) is 0. The van der Waals surface area contributed by atoms with Crippen LogP contribution < -0.4 is 4.90 Å². The van der Waals surface area contributed by atoms with Gasteiger partial charge in [0.25, 0.3) is 0 Å². The van der Waals surface area contributed by atoms with Gasteiger partial charge in [0.15, 0.2) is 0 Å².